The molecule has 4 aliphatic rings. The van der Waals surface area contributed by atoms with E-state index in [-0.39, 0.29) is 24.6 Å². The summed E-state index contributed by atoms with van der Waals surface area (Å²) in [4.78, 5) is 39.9. The van der Waals surface area contributed by atoms with E-state index in [2.05, 4.69) is 0 Å². The second-order valence-electron chi connectivity index (χ2n) is 5.75. The SMILES string of the molecule is O=C(O)CCO.O=C1C=C(N2CC2)C(=O)C(N2CC2)=C1N1CC1. The van der Waals surface area contributed by atoms with E-state index in [0.29, 0.717) is 17.1 Å². The second kappa shape index (κ2) is 6.04. The molecular formula is C15H19N3O5. The molecule has 1 aliphatic carbocycles. The third-order valence-electron chi connectivity index (χ3n) is 3.81. The number of carbonyl (C=O) groups is 3. The van der Waals surface area contributed by atoms with E-state index in [4.69, 9.17) is 10.2 Å². The Morgan fingerprint density at radius 3 is 1.87 bits per heavy atom. The first-order valence-corrected chi connectivity index (χ1v) is 7.65. The molecule has 0 radical (unpaired) electrons. The third kappa shape index (κ3) is 3.53. The fourth-order valence-electron chi connectivity index (χ4n) is 2.37. The number of aliphatic hydroxyl groups excluding tert-OH is 1. The first-order valence-electron chi connectivity index (χ1n) is 7.65. The van der Waals surface area contributed by atoms with Crippen LogP contribution in [0.15, 0.2) is 23.2 Å². The molecule has 8 nitrogen and oxygen atoms in total. The highest BCUT2D eigenvalue weighted by molar-refractivity contribution is 6.22. The number of carbonyl (C=O) groups excluding carboxylic acids is 2. The van der Waals surface area contributed by atoms with Crippen LogP contribution in [0.4, 0.5) is 0 Å². The summed E-state index contributed by atoms with van der Waals surface area (Å²) in [5.74, 6) is -0.912. The average Bonchev–Trinajstić information content (AvgIpc) is 3.37. The van der Waals surface area contributed by atoms with Gasteiger partial charge in [-0.3, -0.25) is 14.4 Å². The molecule has 3 saturated heterocycles. The van der Waals surface area contributed by atoms with Gasteiger partial charge in [0.05, 0.1) is 18.7 Å². The van der Waals surface area contributed by atoms with E-state index in [1.54, 1.807) is 0 Å². The standard InChI is InChI=1S/C12H13N3O2.C3H6O3/c16-9-7-8(13-1-2-13)12(17)11(15-5-6-15)10(9)14-3-4-14;4-2-1-3(5)6/h7H,1-6H2;4H,1-2H2,(H,5,6). The van der Waals surface area contributed by atoms with Gasteiger partial charge in [-0.1, -0.05) is 0 Å². The van der Waals surface area contributed by atoms with Gasteiger partial charge in [-0.05, 0) is 0 Å². The maximum atomic E-state index is 12.4. The second-order valence-corrected chi connectivity index (χ2v) is 5.75. The van der Waals surface area contributed by atoms with Gasteiger partial charge in [0.1, 0.15) is 11.4 Å². The maximum absolute atomic E-state index is 12.4. The van der Waals surface area contributed by atoms with Gasteiger partial charge in [0.2, 0.25) is 11.6 Å². The summed E-state index contributed by atoms with van der Waals surface area (Å²) in [5.41, 5.74) is 1.89. The summed E-state index contributed by atoms with van der Waals surface area (Å²) in [6, 6.07) is 0. The van der Waals surface area contributed by atoms with Crippen molar-refractivity contribution in [3.05, 3.63) is 23.2 Å². The zero-order valence-corrected chi connectivity index (χ0v) is 12.7. The van der Waals surface area contributed by atoms with Crippen LogP contribution in [0.25, 0.3) is 0 Å². The predicted octanol–water partition coefficient (Wildman–Crippen LogP) is -1.37. The number of aliphatic hydroxyl groups is 1. The van der Waals surface area contributed by atoms with Crippen molar-refractivity contribution in [2.75, 3.05) is 45.9 Å². The molecular weight excluding hydrogens is 302 g/mol. The Morgan fingerprint density at radius 2 is 1.48 bits per heavy atom. The summed E-state index contributed by atoms with van der Waals surface area (Å²) in [5, 5.41) is 15.6. The summed E-state index contributed by atoms with van der Waals surface area (Å²) in [6.45, 7) is 5.14. The van der Waals surface area contributed by atoms with Crippen LogP contribution in [0.2, 0.25) is 0 Å². The van der Waals surface area contributed by atoms with Crippen molar-refractivity contribution in [2.45, 2.75) is 6.42 Å². The van der Waals surface area contributed by atoms with Crippen molar-refractivity contribution in [3.8, 4) is 0 Å². The van der Waals surface area contributed by atoms with E-state index < -0.39 is 5.97 Å². The lowest BCUT2D eigenvalue weighted by atomic mass is 10.0. The minimum absolute atomic E-state index is 0.00546. The van der Waals surface area contributed by atoms with Gasteiger partial charge in [0.25, 0.3) is 0 Å². The van der Waals surface area contributed by atoms with Crippen molar-refractivity contribution in [1.29, 1.82) is 0 Å². The summed E-state index contributed by atoms with van der Waals surface area (Å²) in [7, 11) is 0. The molecule has 0 aromatic rings. The van der Waals surface area contributed by atoms with Gasteiger partial charge in [-0.25, -0.2) is 0 Å². The molecule has 0 bridgehead atoms. The number of hydrogen-bond acceptors (Lipinski definition) is 7. The molecule has 0 saturated carbocycles. The molecule has 3 fully saturated rings. The van der Waals surface area contributed by atoms with E-state index in [9.17, 15) is 14.4 Å². The first-order chi connectivity index (χ1) is 11.0. The van der Waals surface area contributed by atoms with Crippen LogP contribution in [0.1, 0.15) is 6.42 Å². The molecule has 2 N–H and O–H groups in total. The van der Waals surface area contributed by atoms with Crippen LogP contribution in [0.3, 0.4) is 0 Å². The molecule has 23 heavy (non-hydrogen) atoms. The number of hydrogen-bond donors (Lipinski definition) is 2. The average molecular weight is 321 g/mol. The number of rotatable bonds is 5. The van der Waals surface area contributed by atoms with Crippen LogP contribution < -0.4 is 0 Å². The molecule has 3 heterocycles. The number of Topliss-reactive ketones (excluding diaryl/α,β-unsaturated/α-hetero) is 1. The number of allylic oxidation sites excluding steroid dienone is 1. The molecule has 0 aromatic heterocycles. The molecule has 0 amide bonds. The number of ketones is 2. The van der Waals surface area contributed by atoms with Crippen LogP contribution in [0.5, 0.6) is 0 Å². The van der Waals surface area contributed by atoms with Crippen molar-refractivity contribution in [2.24, 2.45) is 0 Å². The molecule has 4 rings (SSSR count). The topological polar surface area (TPSA) is 101 Å². The van der Waals surface area contributed by atoms with Gasteiger partial charge >= 0.3 is 5.97 Å². The molecule has 0 atom stereocenters. The fourth-order valence-corrected chi connectivity index (χ4v) is 2.37. The van der Waals surface area contributed by atoms with E-state index in [1.807, 2.05) is 14.7 Å². The molecule has 0 aromatic carbocycles. The zero-order chi connectivity index (χ0) is 16.6. The summed E-state index contributed by atoms with van der Waals surface area (Å²) >= 11 is 0. The Labute approximate surface area is 133 Å². The van der Waals surface area contributed by atoms with Crippen LogP contribution in [0, 0.1) is 0 Å². The van der Waals surface area contributed by atoms with E-state index in [1.165, 1.54) is 6.08 Å². The number of carboxylic acids is 1. The smallest absolute Gasteiger partial charge is 0.305 e. The van der Waals surface area contributed by atoms with Crippen molar-refractivity contribution < 1.29 is 24.6 Å². The van der Waals surface area contributed by atoms with Gasteiger partial charge in [0, 0.05) is 45.3 Å². The Hall–Kier alpha value is -2.35. The lowest BCUT2D eigenvalue weighted by molar-refractivity contribution is -0.137. The Balaban J connectivity index is 0.000000227. The molecule has 3 aliphatic heterocycles. The molecule has 0 spiro atoms. The summed E-state index contributed by atoms with van der Waals surface area (Å²) < 4.78 is 0. The first kappa shape index (κ1) is 15.5. The Kier molecular flexibility index (Phi) is 4.08. The van der Waals surface area contributed by atoms with Crippen molar-refractivity contribution in [1.82, 2.24) is 14.7 Å². The minimum atomic E-state index is -0.961. The zero-order valence-electron chi connectivity index (χ0n) is 12.7. The van der Waals surface area contributed by atoms with Crippen LogP contribution in [-0.4, -0.2) is 88.3 Å². The van der Waals surface area contributed by atoms with Crippen LogP contribution >= 0.6 is 0 Å². The number of carboxylic acid groups (broad SMARTS) is 1. The minimum Gasteiger partial charge on any atom is -0.481 e. The highest BCUT2D eigenvalue weighted by Crippen LogP contribution is 2.33. The highest BCUT2D eigenvalue weighted by Gasteiger charge is 2.43. The highest BCUT2D eigenvalue weighted by atomic mass is 16.4. The number of nitrogens with zero attached hydrogens (tertiary/aromatic N) is 3. The fraction of sp³-hybridized carbons (Fsp3) is 0.533. The summed E-state index contributed by atoms with van der Waals surface area (Å²) in [6.07, 6.45) is 1.37. The van der Waals surface area contributed by atoms with E-state index >= 15 is 0 Å². The normalized spacial score (nSPS) is 21.8. The quantitative estimate of drug-likeness (QED) is 0.473. The largest absolute Gasteiger partial charge is 0.481 e. The third-order valence-corrected chi connectivity index (χ3v) is 3.81. The monoisotopic (exact) mass is 321 g/mol. The van der Waals surface area contributed by atoms with Gasteiger partial charge in [-0.15, -0.1) is 0 Å². The number of aliphatic carboxylic acids is 1. The van der Waals surface area contributed by atoms with Gasteiger partial charge < -0.3 is 24.9 Å². The predicted molar refractivity (Wildman–Crippen MR) is 79.2 cm³/mol. The molecule has 124 valence electrons. The van der Waals surface area contributed by atoms with Gasteiger partial charge in [-0.2, -0.15) is 0 Å². The van der Waals surface area contributed by atoms with Crippen molar-refractivity contribution >= 4 is 17.5 Å². The lowest BCUT2D eigenvalue weighted by Crippen LogP contribution is -2.29. The Bertz CT molecular complexity index is 613. The van der Waals surface area contributed by atoms with Crippen molar-refractivity contribution in [3.63, 3.8) is 0 Å². The lowest BCUT2D eigenvalue weighted by Gasteiger charge is -2.21. The molecule has 8 heteroatoms. The maximum Gasteiger partial charge on any atom is 0.305 e. The van der Waals surface area contributed by atoms with Crippen LogP contribution in [-0.2, 0) is 14.4 Å². The molecule has 0 unspecified atom stereocenters. The van der Waals surface area contributed by atoms with E-state index in [0.717, 1.165) is 39.3 Å². The van der Waals surface area contributed by atoms with Gasteiger partial charge in [0.15, 0.2) is 0 Å². The Morgan fingerprint density at radius 1 is 0.957 bits per heavy atom.